The Balaban J connectivity index is 1.43. The summed E-state index contributed by atoms with van der Waals surface area (Å²) in [6.45, 7) is 7.29. The Hall–Kier alpha value is -2.55. The van der Waals surface area contributed by atoms with Crippen molar-refractivity contribution < 1.29 is 9.53 Å². The summed E-state index contributed by atoms with van der Waals surface area (Å²) in [4.78, 5) is 19.3. The summed E-state index contributed by atoms with van der Waals surface area (Å²) in [7, 11) is 0. The van der Waals surface area contributed by atoms with Crippen molar-refractivity contribution in [1.29, 1.82) is 0 Å². The molecule has 1 aliphatic rings. The Kier molecular flexibility index (Phi) is 5.75. The smallest absolute Gasteiger partial charge is 0.257 e. The Morgan fingerprint density at radius 3 is 2.69 bits per heavy atom. The molecule has 0 spiro atoms. The lowest BCUT2D eigenvalue weighted by Crippen LogP contribution is -2.36. The van der Waals surface area contributed by atoms with E-state index in [1.807, 2.05) is 32.0 Å². The van der Waals surface area contributed by atoms with Crippen LogP contribution in [0.2, 0.25) is 0 Å². The lowest BCUT2D eigenvalue weighted by atomic mass is 10.1. The second-order valence-electron chi connectivity index (χ2n) is 6.98. The summed E-state index contributed by atoms with van der Waals surface area (Å²) in [6.07, 6.45) is 0. The number of anilines is 2. The van der Waals surface area contributed by atoms with E-state index in [4.69, 9.17) is 17.0 Å². The highest BCUT2D eigenvalue weighted by Crippen LogP contribution is 2.30. The van der Waals surface area contributed by atoms with Crippen molar-refractivity contribution in [3.63, 3.8) is 0 Å². The van der Waals surface area contributed by atoms with Crippen LogP contribution in [0.15, 0.2) is 36.4 Å². The number of nitrogens with zero attached hydrogens (tertiary/aromatic N) is 2. The predicted octanol–water partition coefficient (Wildman–Crippen LogP) is 3.88. The van der Waals surface area contributed by atoms with E-state index in [1.54, 1.807) is 6.07 Å². The number of thiocarbonyl (C=S) groups is 1. The Morgan fingerprint density at radius 2 is 1.93 bits per heavy atom. The SMILES string of the molecule is Cc1ccc(C(=O)NC(=S)Nc2nc3ccc(N4CCOCC4)cc3s2)cc1C. The molecular weight excluding hydrogens is 404 g/mol. The van der Waals surface area contributed by atoms with E-state index in [9.17, 15) is 4.79 Å². The third kappa shape index (κ3) is 4.55. The summed E-state index contributed by atoms with van der Waals surface area (Å²) in [5, 5.41) is 6.65. The average molecular weight is 427 g/mol. The van der Waals surface area contributed by atoms with E-state index in [0.29, 0.717) is 10.7 Å². The fourth-order valence-corrected chi connectivity index (χ4v) is 4.33. The molecule has 1 amide bonds. The van der Waals surface area contributed by atoms with Gasteiger partial charge >= 0.3 is 0 Å². The van der Waals surface area contributed by atoms with Gasteiger partial charge in [-0.3, -0.25) is 10.1 Å². The van der Waals surface area contributed by atoms with Crippen LogP contribution in [0.3, 0.4) is 0 Å². The second-order valence-corrected chi connectivity index (χ2v) is 8.42. The molecule has 8 heteroatoms. The number of morpholine rings is 1. The van der Waals surface area contributed by atoms with E-state index >= 15 is 0 Å². The highest BCUT2D eigenvalue weighted by atomic mass is 32.1. The molecule has 1 aliphatic heterocycles. The zero-order chi connectivity index (χ0) is 20.4. The standard InChI is InChI=1S/C21H22N4O2S2/c1-13-3-4-15(11-14(13)2)19(26)23-20(28)24-21-22-17-6-5-16(12-18(17)29-21)25-7-9-27-10-8-25/h3-6,11-12H,7-10H2,1-2H3,(H2,22,23,24,26,28). The second kappa shape index (κ2) is 8.44. The van der Waals surface area contributed by atoms with Crippen molar-refractivity contribution in [2.75, 3.05) is 36.5 Å². The number of aromatic nitrogens is 1. The largest absolute Gasteiger partial charge is 0.378 e. The van der Waals surface area contributed by atoms with Gasteiger partial charge in [0, 0.05) is 24.3 Å². The van der Waals surface area contributed by atoms with Crippen LogP contribution in [0, 0.1) is 13.8 Å². The number of hydrogen-bond donors (Lipinski definition) is 2. The molecule has 0 saturated carbocycles. The van der Waals surface area contributed by atoms with E-state index in [0.717, 1.165) is 47.6 Å². The normalized spacial score (nSPS) is 14.1. The number of carbonyl (C=O) groups excluding carboxylic acids is 1. The number of benzene rings is 2. The third-order valence-corrected chi connectivity index (χ3v) is 6.10. The first kappa shape index (κ1) is 19.8. The molecule has 0 radical (unpaired) electrons. The number of rotatable bonds is 3. The summed E-state index contributed by atoms with van der Waals surface area (Å²) >= 11 is 6.82. The van der Waals surface area contributed by atoms with Gasteiger partial charge in [0.2, 0.25) is 0 Å². The molecule has 2 aromatic carbocycles. The zero-order valence-corrected chi connectivity index (χ0v) is 18.0. The Labute approximate surface area is 178 Å². The molecule has 1 saturated heterocycles. The lowest BCUT2D eigenvalue weighted by Gasteiger charge is -2.28. The average Bonchev–Trinajstić information content (AvgIpc) is 3.11. The molecular formula is C21H22N4O2S2. The van der Waals surface area contributed by atoms with Crippen molar-refractivity contribution in [1.82, 2.24) is 10.3 Å². The fraction of sp³-hybridized carbons (Fsp3) is 0.286. The first-order valence-corrected chi connectivity index (χ1v) is 10.6. The number of hydrogen-bond acceptors (Lipinski definition) is 6. The third-order valence-electron chi connectivity index (χ3n) is 4.96. The molecule has 0 atom stereocenters. The molecule has 2 N–H and O–H groups in total. The quantitative estimate of drug-likeness (QED) is 0.620. The van der Waals surface area contributed by atoms with Gasteiger partial charge in [0.1, 0.15) is 0 Å². The number of nitrogens with one attached hydrogen (secondary N) is 2. The van der Waals surface area contributed by atoms with Crippen molar-refractivity contribution in [3.05, 3.63) is 53.1 Å². The van der Waals surface area contributed by atoms with Crippen molar-refractivity contribution in [3.8, 4) is 0 Å². The number of amides is 1. The molecule has 1 fully saturated rings. The van der Waals surface area contributed by atoms with Crippen LogP contribution in [0.4, 0.5) is 10.8 Å². The molecule has 29 heavy (non-hydrogen) atoms. The molecule has 150 valence electrons. The lowest BCUT2D eigenvalue weighted by molar-refractivity contribution is 0.0977. The van der Waals surface area contributed by atoms with Gasteiger partial charge in [0.05, 0.1) is 23.4 Å². The maximum atomic E-state index is 12.4. The van der Waals surface area contributed by atoms with Crippen LogP contribution in [-0.2, 0) is 4.74 Å². The van der Waals surface area contributed by atoms with Crippen LogP contribution in [0.25, 0.3) is 10.2 Å². The number of carbonyl (C=O) groups is 1. The number of aryl methyl sites for hydroxylation is 2. The molecule has 4 rings (SSSR count). The topological polar surface area (TPSA) is 66.5 Å². The van der Waals surface area contributed by atoms with Gasteiger partial charge in [-0.25, -0.2) is 4.98 Å². The molecule has 0 aliphatic carbocycles. The molecule has 2 heterocycles. The van der Waals surface area contributed by atoms with Crippen molar-refractivity contribution in [2.24, 2.45) is 0 Å². The fourth-order valence-electron chi connectivity index (χ4n) is 3.17. The minimum Gasteiger partial charge on any atom is -0.378 e. The van der Waals surface area contributed by atoms with Crippen LogP contribution in [-0.4, -0.2) is 42.3 Å². The molecule has 0 bridgehead atoms. The van der Waals surface area contributed by atoms with Gasteiger partial charge in [-0.15, -0.1) is 0 Å². The number of fused-ring (bicyclic) bond motifs is 1. The van der Waals surface area contributed by atoms with Crippen LogP contribution in [0.5, 0.6) is 0 Å². The van der Waals surface area contributed by atoms with Crippen LogP contribution in [0.1, 0.15) is 21.5 Å². The van der Waals surface area contributed by atoms with Gasteiger partial charge in [-0.1, -0.05) is 17.4 Å². The van der Waals surface area contributed by atoms with Crippen molar-refractivity contribution >= 4 is 55.6 Å². The number of ether oxygens (including phenoxy) is 1. The molecule has 6 nitrogen and oxygen atoms in total. The summed E-state index contributed by atoms with van der Waals surface area (Å²) in [5.41, 5.74) is 4.86. The van der Waals surface area contributed by atoms with E-state index in [-0.39, 0.29) is 11.0 Å². The maximum Gasteiger partial charge on any atom is 0.257 e. The van der Waals surface area contributed by atoms with Gasteiger partial charge in [-0.2, -0.15) is 0 Å². The predicted molar refractivity (Wildman–Crippen MR) is 122 cm³/mol. The Morgan fingerprint density at radius 1 is 1.14 bits per heavy atom. The van der Waals surface area contributed by atoms with Gasteiger partial charge in [0.25, 0.3) is 5.91 Å². The van der Waals surface area contributed by atoms with E-state index < -0.39 is 0 Å². The first-order valence-electron chi connectivity index (χ1n) is 9.42. The Bertz CT molecular complexity index is 1070. The van der Waals surface area contributed by atoms with Gasteiger partial charge < -0.3 is 15.0 Å². The summed E-state index contributed by atoms with van der Waals surface area (Å²) in [5.74, 6) is -0.235. The highest BCUT2D eigenvalue weighted by Gasteiger charge is 2.14. The summed E-state index contributed by atoms with van der Waals surface area (Å²) < 4.78 is 6.49. The van der Waals surface area contributed by atoms with Crippen molar-refractivity contribution in [2.45, 2.75) is 13.8 Å². The van der Waals surface area contributed by atoms with Crippen LogP contribution >= 0.6 is 23.6 Å². The maximum absolute atomic E-state index is 12.4. The van der Waals surface area contributed by atoms with Gasteiger partial charge in [-0.05, 0) is 67.5 Å². The highest BCUT2D eigenvalue weighted by molar-refractivity contribution is 7.80. The monoisotopic (exact) mass is 426 g/mol. The first-order chi connectivity index (χ1) is 14.0. The van der Waals surface area contributed by atoms with Crippen LogP contribution < -0.4 is 15.5 Å². The van der Waals surface area contributed by atoms with E-state index in [1.165, 1.54) is 17.0 Å². The summed E-state index contributed by atoms with van der Waals surface area (Å²) in [6, 6.07) is 11.8. The van der Waals surface area contributed by atoms with E-state index in [2.05, 4.69) is 32.7 Å². The minimum atomic E-state index is -0.235. The molecule has 1 aromatic heterocycles. The number of thiazole rings is 1. The molecule has 3 aromatic rings. The molecule has 0 unspecified atom stereocenters. The minimum absolute atomic E-state index is 0.235. The zero-order valence-electron chi connectivity index (χ0n) is 16.3. The van der Waals surface area contributed by atoms with Gasteiger partial charge in [0.15, 0.2) is 10.2 Å².